The van der Waals surface area contributed by atoms with Crippen LogP contribution in [0.1, 0.15) is 22.9 Å². The third-order valence-electron chi connectivity index (χ3n) is 2.36. The summed E-state index contributed by atoms with van der Waals surface area (Å²) in [6.07, 6.45) is 2.06. The van der Waals surface area contributed by atoms with Crippen molar-refractivity contribution in [3.63, 3.8) is 0 Å². The first-order chi connectivity index (χ1) is 7.81. The van der Waals surface area contributed by atoms with Crippen LogP contribution >= 0.6 is 11.3 Å². The Hall–Kier alpha value is -1.85. The van der Waals surface area contributed by atoms with Gasteiger partial charge in [-0.1, -0.05) is 24.3 Å². The fourth-order valence-electron chi connectivity index (χ4n) is 1.53. The molecule has 78 valence electrons. The van der Waals surface area contributed by atoms with Gasteiger partial charge < -0.3 is 0 Å². The van der Waals surface area contributed by atoms with Crippen LogP contribution in [0.2, 0.25) is 0 Å². The molecule has 0 N–H and O–H groups in total. The van der Waals surface area contributed by atoms with Gasteiger partial charge >= 0.3 is 0 Å². The maximum Gasteiger partial charge on any atom is 0.0997 e. The normalized spacial score (nSPS) is 11.1. The van der Waals surface area contributed by atoms with E-state index in [1.54, 1.807) is 11.3 Å². The standard InChI is InChI=1S/C14H11NS/c1-11(14-7-4-8-16-14)9-12-5-2-3-6-13(12)10-15/h2-9H,1H3. The minimum atomic E-state index is 0.721. The molecule has 1 nitrogen and oxygen atoms in total. The van der Waals surface area contributed by atoms with Crippen molar-refractivity contribution in [2.45, 2.75) is 6.92 Å². The zero-order valence-corrected chi connectivity index (χ0v) is 9.79. The minimum Gasteiger partial charge on any atom is -0.192 e. The van der Waals surface area contributed by atoms with Gasteiger partial charge in [-0.05, 0) is 41.6 Å². The number of nitrogens with zero attached hydrogens (tertiary/aromatic N) is 1. The Morgan fingerprint density at radius 3 is 2.75 bits per heavy atom. The van der Waals surface area contributed by atoms with E-state index in [4.69, 9.17) is 5.26 Å². The Balaban J connectivity index is 2.40. The maximum absolute atomic E-state index is 8.99. The predicted octanol–water partition coefficient (Wildman–Crippen LogP) is 4.18. The van der Waals surface area contributed by atoms with Gasteiger partial charge in [-0.15, -0.1) is 11.3 Å². The number of rotatable bonds is 2. The summed E-state index contributed by atoms with van der Waals surface area (Å²) >= 11 is 1.71. The van der Waals surface area contributed by atoms with Crippen molar-refractivity contribution in [3.05, 3.63) is 57.8 Å². The Morgan fingerprint density at radius 2 is 2.06 bits per heavy atom. The lowest BCUT2D eigenvalue weighted by atomic mass is 10.1. The second-order valence-corrected chi connectivity index (χ2v) is 4.45. The van der Waals surface area contributed by atoms with Crippen molar-refractivity contribution in [1.29, 1.82) is 5.26 Å². The molecule has 1 aromatic heterocycles. The number of hydrogen-bond donors (Lipinski definition) is 0. The first kappa shape index (κ1) is 10.7. The molecule has 0 amide bonds. The molecule has 0 spiro atoms. The van der Waals surface area contributed by atoms with Crippen LogP contribution in [-0.2, 0) is 0 Å². The number of nitriles is 1. The van der Waals surface area contributed by atoms with E-state index in [1.807, 2.05) is 30.3 Å². The van der Waals surface area contributed by atoms with E-state index in [1.165, 1.54) is 10.5 Å². The lowest BCUT2D eigenvalue weighted by molar-refractivity contribution is 1.47. The summed E-state index contributed by atoms with van der Waals surface area (Å²) in [5.41, 5.74) is 2.90. The van der Waals surface area contributed by atoms with E-state index in [-0.39, 0.29) is 0 Å². The van der Waals surface area contributed by atoms with Gasteiger partial charge in [0.05, 0.1) is 11.6 Å². The predicted molar refractivity (Wildman–Crippen MR) is 69.0 cm³/mol. The van der Waals surface area contributed by atoms with E-state index in [9.17, 15) is 0 Å². The summed E-state index contributed by atoms with van der Waals surface area (Å²) in [7, 11) is 0. The monoisotopic (exact) mass is 225 g/mol. The average Bonchev–Trinajstić information content (AvgIpc) is 2.83. The zero-order valence-electron chi connectivity index (χ0n) is 8.97. The summed E-state index contributed by atoms with van der Waals surface area (Å²) in [6.45, 7) is 2.07. The van der Waals surface area contributed by atoms with Crippen LogP contribution in [0, 0.1) is 11.3 Å². The topological polar surface area (TPSA) is 23.8 Å². The van der Waals surface area contributed by atoms with Crippen LogP contribution in [0.4, 0.5) is 0 Å². The Labute approximate surface area is 99.3 Å². The quantitative estimate of drug-likeness (QED) is 0.752. The molecule has 0 radical (unpaired) electrons. The molecule has 0 unspecified atom stereocenters. The molecule has 0 saturated carbocycles. The maximum atomic E-state index is 8.99. The van der Waals surface area contributed by atoms with Crippen LogP contribution in [0.3, 0.4) is 0 Å². The van der Waals surface area contributed by atoms with Crippen molar-refractivity contribution in [1.82, 2.24) is 0 Å². The fourth-order valence-corrected chi connectivity index (χ4v) is 2.24. The van der Waals surface area contributed by atoms with Crippen LogP contribution in [-0.4, -0.2) is 0 Å². The second-order valence-electron chi connectivity index (χ2n) is 3.50. The van der Waals surface area contributed by atoms with Gasteiger partial charge in [0.15, 0.2) is 0 Å². The van der Waals surface area contributed by atoms with Crippen LogP contribution in [0.15, 0.2) is 41.8 Å². The Bertz CT molecular complexity index is 544. The van der Waals surface area contributed by atoms with E-state index >= 15 is 0 Å². The first-order valence-electron chi connectivity index (χ1n) is 5.02. The van der Waals surface area contributed by atoms with Crippen molar-refractivity contribution in [3.8, 4) is 6.07 Å². The summed E-state index contributed by atoms with van der Waals surface area (Å²) in [6, 6.07) is 14.0. The molecular formula is C14H11NS. The van der Waals surface area contributed by atoms with Gasteiger partial charge in [-0.25, -0.2) is 0 Å². The van der Waals surface area contributed by atoms with Crippen LogP contribution in [0.25, 0.3) is 11.6 Å². The minimum absolute atomic E-state index is 0.721. The molecule has 1 aromatic carbocycles. The van der Waals surface area contributed by atoms with Gasteiger partial charge in [-0.2, -0.15) is 5.26 Å². The molecule has 2 aromatic rings. The van der Waals surface area contributed by atoms with Gasteiger partial charge in [0.25, 0.3) is 0 Å². The van der Waals surface area contributed by atoms with Crippen LogP contribution < -0.4 is 0 Å². The summed E-state index contributed by atoms with van der Waals surface area (Å²) in [5, 5.41) is 11.0. The third kappa shape index (κ3) is 2.21. The highest BCUT2D eigenvalue weighted by atomic mass is 32.1. The van der Waals surface area contributed by atoms with Gasteiger partial charge in [0.2, 0.25) is 0 Å². The Morgan fingerprint density at radius 1 is 1.25 bits per heavy atom. The molecule has 0 atom stereocenters. The van der Waals surface area contributed by atoms with Gasteiger partial charge in [-0.3, -0.25) is 0 Å². The number of allylic oxidation sites excluding steroid dienone is 1. The van der Waals surface area contributed by atoms with E-state index in [2.05, 4.69) is 30.5 Å². The molecular weight excluding hydrogens is 214 g/mol. The molecule has 0 fully saturated rings. The molecule has 0 aliphatic rings. The summed E-state index contributed by atoms with van der Waals surface area (Å²) < 4.78 is 0. The fraction of sp³-hybridized carbons (Fsp3) is 0.0714. The second kappa shape index (κ2) is 4.78. The highest BCUT2D eigenvalue weighted by molar-refractivity contribution is 7.11. The molecule has 2 rings (SSSR count). The molecule has 1 heterocycles. The highest BCUT2D eigenvalue weighted by Crippen LogP contribution is 2.23. The lowest BCUT2D eigenvalue weighted by Gasteiger charge is -2.00. The van der Waals surface area contributed by atoms with E-state index < -0.39 is 0 Å². The first-order valence-corrected chi connectivity index (χ1v) is 5.90. The molecule has 16 heavy (non-hydrogen) atoms. The SMILES string of the molecule is CC(=Cc1ccccc1C#N)c1cccs1. The van der Waals surface area contributed by atoms with Gasteiger partial charge in [0.1, 0.15) is 0 Å². The zero-order chi connectivity index (χ0) is 11.4. The number of hydrogen-bond acceptors (Lipinski definition) is 2. The van der Waals surface area contributed by atoms with E-state index in [0.717, 1.165) is 11.1 Å². The van der Waals surface area contributed by atoms with E-state index in [0.29, 0.717) is 0 Å². The van der Waals surface area contributed by atoms with Crippen molar-refractivity contribution in [2.75, 3.05) is 0 Å². The highest BCUT2D eigenvalue weighted by Gasteiger charge is 2.00. The summed E-state index contributed by atoms with van der Waals surface area (Å²) in [5.74, 6) is 0. The number of thiophene rings is 1. The average molecular weight is 225 g/mol. The molecule has 0 aliphatic heterocycles. The smallest absolute Gasteiger partial charge is 0.0997 e. The number of benzene rings is 1. The molecule has 2 heteroatoms. The van der Waals surface area contributed by atoms with Crippen molar-refractivity contribution >= 4 is 23.0 Å². The molecule has 0 saturated heterocycles. The molecule has 0 bridgehead atoms. The summed E-state index contributed by atoms with van der Waals surface area (Å²) in [4.78, 5) is 1.24. The largest absolute Gasteiger partial charge is 0.192 e. The van der Waals surface area contributed by atoms with Crippen molar-refractivity contribution in [2.24, 2.45) is 0 Å². The van der Waals surface area contributed by atoms with Gasteiger partial charge in [0, 0.05) is 4.88 Å². The lowest BCUT2D eigenvalue weighted by Crippen LogP contribution is -1.81. The molecule has 0 aliphatic carbocycles. The van der Waals surface area contributed by atoms with Crippen LogP contribution in [0.5, 0.6) is 0 Å². The Kier molecular flexibility index (Phi) is 3.19. The third-order valence-corrected chi connectivity index (χ3v) is 3.37. The van der Waals surface area contributed by atoms with Crippen molar-refractivity contribution < 1.29 is 0 Å².